The Morgan fingerprint density at radius 1 is 1.65 bits per heavy atom. The maximum Gasteiger partial charge on any atom is 0.253 e. The zero-order chi connectivity index (χ0) is 12.7. The van der Waals surface area contributed by atoms with Crippen molar-refractivity contribution in [1.82, 2.24) is 0 Å². The molecule has 1 amide bonds. The van der Waals surface area contributed by atoms with Crippen LogP contribution in [0.4, 0.5) is 5.69 Å². The lowest BCUT2D eigenvalue weighted by atomic mass is 10.3. The van der Waals surface area contributed by atoms with Gasteiger partial charge in [-0.1, -0.05) is 12.1 Å². The van der Waals surface area contributed by atoms with E-state index in [2.05, 4.69) is 34.5 Å². The van der Waals surface area contributed by atoms with Gasteiger partial charge in [0.2, 0.25) is 0 Å². The minimum Gasteiger partial charge on any atom is -0.368 e. The van der Waals surface area contributed by atoms with Crippen LogP contribution in [0.1, 0.15) is 13.3 Å². The van der Waals surface area contributed by atoms with Gasteiger partial charge in [-0.3, -0.25) is 4.79 Å². The molecule has 0 fully saturated rings. The van der Waals surface area contributed by atoms with E-state index >= 15 is 0 Å². The lowest BCUT2D eigenvalue weighted by Gasteiger charge is -2.12. The normalized spacial score (nSPS) is 11.9. The third-order valence-corrected chi connectivity index (χ3v) is 2.82. The van der Waals surface area contributed by atoms with Crippen molar-refractivity contribution < 1.29 is 9.53 Å². The lowest BCUT2D eigenvalue weighted by molar-refractivity contribution is -0.126. The van der Waals surface area contributed by atoms with Gasteiger partial charge in [-0.15, -0.1) is 6.58 Å². The number of rotatable bonds is 6. The standard InChI is InChI=1S/C13H16INO2/c1-3-4-8-17-10(2)13(16)15-12-7-5-6-11(14)9-12/h3,5-7,9-10H,1,4,8H2,2H3,(H,15,16). The molecule has 1 atom stereocenters. The highest BCUT2D eigenvalue weighted by molar-refractivity contribution is 14.1. The Morgan fingerprint density at radius 3 is 3.06 bits per heavy atom. The molecule has 1 rings (SSSR count). The maximum absolute atomic E-state index is 11.8. The average molecular weight is 345 g/mol. The molecular formula is C13H16INO2. The second-order valence-corrected chi connectivity index (χ2v) is 4.84. The van der Waals surface area contributed by atoms with Gasteiger partial charge in [0.1, 0.15) is 6.10 Å². The van der Waals surface area contributed by atoms with Crippen LogP contribution in [0.5, 0.6) is 0 Å². The molecule has 17 heavy (non-hydrogen) atoms. The number of anilines is 1. The smallest absolute Gasteiger partial charge is 0.253 e. The van der Waals surface area contributed by atoms with Crippen molar-refractivity contribution in [1.29, 1.82) is 0 Å². The highest BCUT2D eigenvalue weighted by Gasteiger charge is 2.12. The summed E-state index contributed by atoms with van der Waals surface area (Å²) in [5.74, 6) is -0.129. The molecule has 1 N–H and O–H groups in total. The first-order chi connectivity index (χ1) is 8.13. The molecule has 3 nitrogen and oxygen atoms in total. The van der Waals surface area contributed by atoms with Crippen LogP contribution < -0.4 is 5.32 Å². The molecule has 1 aromatic carbocycles. The van der Waals surface area contributed by atoms with Crippen LogP contribution in [0.25, 0.3) is 0 Å². The summed E-state index contributed by atoms with van der Waals surface area (Å²) >= 11 is 2.20. The van der Waals surface area contributed by atoms with Gasteiger partial charge >= 0.3 is 0 Å². The molecule has 92 valence electrons. The maximum atomic E-state index is 11.8. The van der Waals surface area contributed by atoms with Crippen molar-refractivity contribution in [3.8, 4) is 0 Å². The zero-order valence-electron chi connectivity index (χ0n) is 9.78. The summed E-state index contributed by atoms with van der Waals surface area (Å²) < 4.78 is 6.45. The van der Waals surface area contributed by atoms with Crippen LogP contribution in [0.15, 0.2) is 36.9 Å². The molecule has 0 heterocycles. The minimum absolute atomic E-state index is 0.129. The number of hydrogen-bond donors (Lipinski definition) is 1. The molecule has 0 aliphatic rings. The van der Waals surface area contributed by atoms with E-state index < -0.39 is 6.10 Å². The zero-order valence-corrected chi connectivity index (χ0v) is 11.9. The Bertz CT molecular complexity index is 393. The third kappa shape index (κ3) is 5.32. The van der Waals surface area contributed by atoms with Crippen LogP contribution in [-0.4, -0.2) is 18.6 Å². The van der Waals surface area contributed by atoms with E-state index in [1.54, 1.807) is 13.0 Å². The van der Waals surface area contributed by atoms with Gasteiger partial charge in [-0.25, -0.2) is 0 Å². The Morgan fingerprint density at radius 2 is 2.41 bits per heavy atom. The Hall–Kier alpha value is -0.880. The van der Waals surface area contributed by atoms with Crippen molar-refractivity contribution >= 4 is 34.2 Å². The molecule has 0 aliphatic heterocycles. The highest BCUT2D eigenvalue weighted by atomic mass is 127. The summed E-state index contributed by atoms with van der Waals surface area (Å²) in [5, 5.41) is 2.81. The van der Waals surface area contributed by atoms with Crippen LogP contribution >= 0.6 is 22.6 Å². The molecule has 0 saturated heterocycles. The SMILES string of the molecule is C=CCCOC(C)C(=O)Nc1cccc(I)c1. The molecule has 1 unspecified atom stereocenters. The van der Waals surface area contributed by atoms with Gasteiger partial charge in [-0.05, 0) is 54.1 Å². The van der Waals surface area contributed by atoms with Crippen LogP contribution in [0.3, 0.4) is 0 Å². The second kappa shape index (κ2) is 7.45. The first-order valence-corrected chi connectivity index (χ1v) is 6.50. The van der Waals surface area contributed by atoms with Crippen molar-refractivity contribution in [2.45, 2.75) is 19.4 Å². The van der Waals surface area contributed by atoms with E-state index in [9.17, 15) is 4.79 Å². The van der Waals surface area contributed by atoms with Gasteiger partial charge in [0.25, 0.3) is 5.91 Å². The molecule has 0 saturated carbocycles. The number of amides is 1. The largest absolute Gasteiger partial charge is 0.368 e. The predicted molar refractivity (Wildman–Crippen MR) is 78.0 cm³/mol. The van der Waals surface area contributed by atoms with E-state index in [1.807, 2.05) is 24.3 Å². The summed E-state index contributed by atoms with van der Waals surface area (Å²) in [6.45, 7) is 5.86. The number of nitrogens with one attached hydrogen (secondary N) is 1. The van der Waals surface area contributed by atoms with E-state index in [0.717, 1.165) is 15.7 Å². The molecule has 0 bridgehead atoms. The number of ether oxygens (including phenoxy) is 1. The quantitative estimate of drug-likeness (QED) is 0.489. The predicted octanol–water partition coefficient (Wildman–Crippen LogP) is 3.21. The number of halogens is 1. The first kappa shape index (κ1) is 14.2. The van der Waals surface area contributed by atoms with Crippen molar-refractivity contribution in [3.63, 3.8) is 0 Å². The molecule has 0 aliphatic carbocycles. The van der Waals surface area contributed by atoms with E-state index in [1.165, 1.54) is 0 Å². The lowest BCUT2D eigenvalue weighted by Crippen LogP contribution is -2.28. The van der Waals surface area contributed by atoms with Gasteiger partial charge in [0.05, 0.1) is 6.61 Å². The van der Waals surface area contributed by atoms with E-state index in [4.69, 9.17) is 4.74 Å². The van der Waals surface area contributed by atoms with Crippen LogP contribution in [0, 0.1) is 3.57 Å². The summed E-state index contributed by atoms with van der Waals surface area (Å²) in [7, 11) is 0. The van der Waals surface area contributed by atoms with Gasteiger partial charge in [0.15, 0.2) is 0 Å². The number of carbonyl (C=O) groups is 1. The third-order valence-electron chi connectivity index (χ3n) is 2.15. The topological polar surface area (TPSA) is 38.3 Å². The van der Waals surface area contributed by atoms with Crippen LogP contribution in [0.2, 0.25) is 0 Å². The fourth-order valence-corrected chi connectivity index (χ4v) is 1.76. The number of benzene rings is 1. The molecule has 0 spiro atoms. The fourth-order valence-electron chi connectivity index (χ4n) is 1.21. The Balaban J connectivity index is 2.45. The van der Waals surface area contributed by atoms with Gasteiger partial charge < -0.3 is 10.1 Å². The Labute approximate surface area is 115 Å². The van der Waals surface area contributed by atoms with Gasteiger partial charge in [0, 0.05) is 9.26 Å². The summed E-state index contributed by atoms with van der Waals surface area (Å²) in [6.07, 6.45) is 2.07. The first-order valence-electron chi connectivity index (χ1n) is 5.42. The van der Waals surface area contributed by atoms with Crippen molar-refractivity contribution in [2.75, 3.05) is 11.9 Å². The minimum atomic E-state index is -0.451. The number of carbonyl (C=O) groups excluding carboxylic acids is 1. The monoisotopic (exact) mass is 345 g/mol. The molecular weight excluding hydrogens is 329 g/mol. The molecule has 1 aromatic rings. The van der Waals surface area contributed by atoms with Gasteiger partial charge in [-0.2, -0.15) is 0 Å². The van der Waals surface area contributed by atoms with E-state index in [-0.39, 0.29) is 5.91 Å². The summed E-state index contributed by atoms with van der Waals surface area (Å²) in [6, 6.07) is 7.65. The van der Waals surface area contributed by atoms with Crippen molar-refractivity contribution in [2.24, 2.45) is 0 Å². The van der Waals surface area contributed by atoms with E-state index in [0.29, 0.717) is 6.61 Å². The van der Waals surface area contributed by atoms with Crippen LogP contribution in [-0.2, 0) is 9.53 Å². The Kier molecular flexibility index (Phi) is 6.21. The summed E-state index contributed by atoms with van der Waals surface area (Å²) in [4.78, 5) is 11.8. The average Bonchev–Trinajstić information content (AvgIpc) is 2.29. The molecule has 0 aromatic heterocycles. The fraction of sp³-hybridized carbons (Fsp3) is 0.308. The summed E-state index contributed by atoms with van der Waals surface area (Å²) in [5.41, 5.74) is 0.793. The molecule has 0 radical (unpaired) electrons. The van der Waals surface area contributed by atoms with Crippen molar-refractivity contribution in [3.05, 3.63) is 40.5 Å². The number of hydrogen-bond acceptors (Lipinski definition) is 2. The highest BCUT2D eigenvalue weighted by Crippen LogP contribution is 2.12. The molecule has 4 heteroatoms. The second-order valence-electron chi connectivity index (χ2n) is 3.59.